The number of hydrogen-bond donors (Lipinski definition) is 0. The van der Waals surface area contributed by atoms with Gasteiger partial charge in [-0.25, -0.2) is 0 Å². The summed E-state index contributed by atoms with van der Waals surface area (Å²) in [5, 5.41) is 0.962. The third kappa shape index (κ3) is 6.23. The van der Waals surface area contributed by atoms with Crippen LogP contribution in [0.2, 0.25) is 10.0 Å². The molecule has 0 aromatic heterocycles. The molecule has 7 heteroatoms. The molecule has 1 rings (SSSR count). The van der Waals surface area contributed by atoms with Gasteiger partial charge in [-0.2, -0.15) is 0 Å². The van der Waals surface area contributed by atoms with Crippen LogP contribution in [-0.2, 0) is 14.3 Å². The van der Waals surface area contributed by atoms with Crippen LogP contribution < -0.4 is 4.74 Å². The van der Waals surface area contributed by atoms with Gasteiger partial charge in [0, 0.05) is 18.5 Å². The summed E-state index contributed by atoms with van der Waals surface area (Å²) in [6.07, 6.45) is 0.794. The second-order valence-corrected chi connectivity index (χ2v) is 5.20. The molecule has 21 heavy (non-hydrogen) atoms. The number of halogens is 2. The van der Waals surface area contributed by atoms with Crippen molar-refractivity contribution < 1.29 is 19.1 Å². The lowest BCUT2D eigenvalue weighted by Crippen LogP contribution is -2.32. The van der Waals surface area contributed by atoms with Gasteiger partial charge in [-0.3, -0.25) is 9.59 Å². The van der Waals surface area contributed by atoms with Crippen LogP contribution in [0.3, 0.4) is 0 Å². The molecule has 5 nitrogen and oxygen atoms in total. The van der Waals surface area contributed by atoms with Crippen LogP contribution in [0.1, 0.15) is 12.8 Å². The van der Waals surface area contributed by atoms with E-state index in [-0.39, 0.29) is 18.9 Å². The zero-order valence-corrected chi connectivity index (χ0v) is 13.4. The lowest BCUT2D eigenvalue weighted by atomic mass is 10.3. The molecule has 0 radical (unpaired) electrons. The van der Waals surface area contributed by atoms with Crippen molar-refractivity contribution in [2.75, 3.05) is 27.3 Å². The molecule has 0 saturated carbocycles. The van der Waals surface area contributed by atoms with Crippen molar-refractivity contribution in [2.45, 2.75) is 12.8 Å². The van der Waals surface area contributed by atoms with Gasteiger partial charge in [-0.1, -0.05) is 23.2 Å². The van der Waals surface area contributed by atoms with Crippen molar-refractivity contribution in [3.05, 3.63) is 28.2 Å². The first-order valence-corrected chi connectivity index (χ1v) is 7.08. The highest BCUT2D eigenvalue weighted by atomic mass is 35.5. The van der Waals surface area contributed by atoms with Gasteiger partial charge in [0.2, 0.25) is 5.91 Å². The van der Waals surface area contributed by atoms with Crippen molar-refractivity contribution in [1.29, 1.82) is 0 Å². The molecule has 0 saturated heterocycles. The number of ether oxygens (including phenoxy) is 2. The van der Waals surface area contributed by atoms with Crippen molar-refractivity contribution in [3.8, 4) is 5.75 Å². The molecule has 0 atom stereocenters. The maximum Gasteiger partial charge on any atom is 0.325 e. The van der Waals surface area contributed by atoms with Gasteiger partial charge in [0.1, 0.15) is 12.3 Å². The Bertz CT molecular complexity index is 508. The van der Waals surface area contributed by atoms with E-state index in [4.69, 9.17) is 27.9 Å². The Kier molecular flexibility index (Phi) is 7.32. The molecular formula is C14H17Cl2NO4. The van der Waals surface area contributed by atoms with Crippen molar-refractivity contribution >= 4 is 35.1 Å². The average Bonchev–Trinajstić information content (AvgIpc) is 2.44. The van der Waals surface area contributed by atoms with E-state index >= 15 is 0 Å². The summed E-state index contributed by atoms with van der Waals surface area (Å²) in [5.41, 5.74) is 0. The molecule has 0 bridgehead atoms. The minimum absolute atomic E-state index is 0.0563. The Morgan fingerprint density at radius 2 is 2.00 bits per heavy atom. The van der Waals surface area contributed by atoms with Gasteiger partial charge < -0.3 is 14.4 Å². The fourth-order valence-corrected chi connectivity index (χ4v) is 2.00. The predicted octanol–water partition coefficient (Wildman–Crippen LogP) is 2.78. The smallest absolute Gasteiger partial charge is 0.325 e. The average molecular weight is 334 g/mol. The highest BCUT2D eigenvalue weighted by Crippen LogP contribution is 2.27. The van der Waals surface area contributed by atoms with Crippen LogP contribution in [0.25, 0.3) is 0 Å². The Morgan fingerprint density at radius 1 is 1.29 bits per heavy atom. The van der Waals surface area contributed by atoms with E-state index in [1.807, 2.05) is 0 Å². The molecule has 1 amide bonds. The summed E-state index contributed by atoms with van der Waals surface area (Å²) in [7, 11) is 2.83. The SMILES string of the molecule is COC(=O)CN(C)C(=O)CCCOc1ccc(Cl)cc1Cl. The number of rotatable bonds is 7. The Hall–Kier alpha value is -1.46. The van der Waals surface area contributed by atoms with E-state index in [0.29, 0.717) is 28.8 Å². The minimum atomic E-state index is -0.449. The Balaban J connectivity index is 2.30. The zero-order valence-electron chi connectivity index (χ0n) is 11.9. The number of likely N-dealkylation sites (N-methyl/N-ethyl adjacent to an activating group) is 1. The Morgan fingerprint density at radius 3 is 2.62 bits per heavy atom. The third-order valence-electron chi connectivity index (χ3n) is 2.71. The number of nitrogens with zero attached hydrogens (tertiary/aromatic N) is 1. The second-order valence-electron chi connectivity index (χ2n) is 4.35. The van der Waals surface area contributed by atoms with Crippen LogP contribution in [0, 0.1) is 0 Å². The molecule has 0 aliphatic carbocycles. The van der Waals surface area contributed by atoms with Gasteiger partial charge in [0.15, 0.2) is 0 Å². The van der Waals surface area contributed by atoms with Crippen molar-refractivity contribution in [2.24, 2.45) is 0 Å². The Labute approximate surface area is 133 Å². The topological polar surface area (TPSA) is 55.8 Å². The van der Waals surface area contributed by atoms with Crippen LogP contribution in [0.4, 0.5) is 0 Å². The number of benzene rings is 1. The van der Waals surface area contributed by atoms with Gasteiger partial charge in [0.25, 0.3) is 0 Å². The molecule has 0 aliphatic rings. The van der Waals surface area contributed by atoms with E-state index in [1.165, 1.54) is 12.0 Å². The van der Waals surface area contributed by atoms with Gasteiger partial charge >= 0.3 is 5.97 Å². The first kappa shape index (κ1) is 17.6. The maximum atomic E-state index is 11.7. The third-order valence-corrected chi connectivity index (χ3v) is 3.24. The summed E-state index contributed by atoms with van der Waals surface area (Å²) in [6, 6.07) is 4.95. The van der Waals surface area contributed by atoms with Crippen LogP contribution in [-0.4, -0.2) is 44.1 Å². The largest absolute Gasteiger partial charge is 0.492 e. The lowest BCUT2D eigenvalue weighted by molar-refractivity contribution is -0.146. The first-order chi connectivity index (χ1) is 9.93. The summed E-state index contributed by atoms with van der Waals surface area (Å²) in [5.74, 6) is -0.0716. The van der Waals surface area contributed by atoms with Crippen LogP contribution >= 0.6 is 23.2 Å². The maximum absolute atomic E-state index is 11.7. The van der Waals surface area contributed by atoms with E-state index in [0.717, 1.165) is 0 Å². The second kappa shape index (κ2) is 8.74. The van der Waals surface area contributed by atoms with Crippen LogP contribution in [0.15, 0.2) is 18.2 Å². The molecule has 1 aromatic carbocycles. The number of carbonyl (C=O) groups is 2. The number of esters is 1. The highest BCUT2D eigenvalue weighted by molar-refractivity contribution is 6.35. The molecule has 116 valence electrons. The number of carbonyl (C=O) groups excluding carboxylic acids is 2. The number of amides is 1. The number of methoxy groups -OCH3 is 1. The highest BCUT2D eigenvalue weighted by Gasteiger charge is 2.12. The summed E-state index contributed by atoms with van der Waals surface area (Å²) in [4.78, 5) is 24.1. The first-order valence-electron chi connectivity index (χ1n) is 6.32. The van der Waals surface area contributed by atoms with Gasteiger partial charge in [-0.05, 0) is 24.6 Å². The minimum Gasteiger partial charge on any atom is -0.492 e. The molecular weight excluding hydrogens is 317 g/mol. The van der Waals surface area contributed by atoms with Crippen molar-refractivity contribution in [3.63, 3.8) is 0 Å². The van der Waals surface area contributed by atoms with Gasteiger partial charge in [-0.15, -0.1) is 0 Å². The molecule has 0 spiro atoms. The van der Waals surface area contributed by atoms with Gasteiger partial charge in [0.05, 0.1) is 18.7 Å². The summed E-state index contributed by atoms with van der Waals surface area (Å²) in [6.45, 7) is 0.290. The number of hydrogen-bond acceptors (Lipinski definition) is 4. The standard InChI is InChI=1S/C14H17Cl2NO4/c1-17(9-14(19)20-2)13(18)4-3-7-21-12-6-5-10(15)8-11(12)16/h5-6,8H,3-4,7,9H2,1-2H3. The zero-order chi connectivity index (χ0) is 15.8. The van der Waals surface area contributed by atoms with E-state index in [9.17, 15) is 9.59 Å². The quantitative estimate of drug-likeness (QED) is 0.568. The molecule has 0 N–H and O–H groups in total. The molecule has 0 aliphatic heterocycles. The monoisotopic (exact) mass is 333 g/mol. The molecule has 0 heterocycles. The molecule has 0 unspecified atom stereocenters. The molecule has 1 aromatic rings. The fourth-order valence-electron chi connectivity index (χ4n) is 1.54. The van der Waals surface area contributed by atoms with Crippen LogP contribution in [0.5, 0.6) is 5.75 Å². The fraction of sp³-hybridized carbons (Fsp3) is 0.429. The van der Waals surface area contributed by atoms with Crippen molar-refractivity contribution in [1.82, 2.24) is 4.90 Å². The van der Waals surface area contributed by atoms with E-state index in [1.54, 1.807) is 25.2 Å². The predicted molar refractivity (Wildman–Crippen MR) is 80.8 cm³/mol. The van der Waals surface area contributed by atoms with E-state index < -0.39 is 5.97 Å². The molecule has 0 fully saturated rings. The lowest BCUT2D eigenvalue weighted by Gasteiger charge is -2.15. The normalized spacial score (nSPS) is 10.1. The van der Waals surface area contributed by atoms with E-state index in [2.05, 4.69) is 4.74 Å². The summed E-state index contributed by atoms with van der Waals surface area (Å²) < 4.78 is 9.97. The summed E-state index contributed by atoms with van der Waals surface area (Å²) >= 11 is 11.7.